The van der Waals surface area contributed by atoms with Crippen LogP contribution in [0.25, 0.3) is 0 Å². The molecular weight excluding hydrogens is 322 g/mol. The van der Waals surface area contributed by atoms with Crippen LogP contribution in [0.2, 0.25) is 0 Å². The van der Waals surface area contributed by atoms with Crippen molar-refractivity contribution in [3.05, 3.63) is 18.3 Å². The first-order valence-corrected chi connectivity index (χ1v) is 8.55. The van der Waals surface area contributed by atoms with Crippen molar-refractivity contribution >= 4 is 17.8 Å². The molecule has 3 amide bonds. The number of anilines is 1. The van der Waals surface area contributed by atoms with Crippen LogP contribution in [0.5, 0.6) is 5.75 Å². The molecule has 25 heavy (non-hydrogen) atoms. The zero-order valence-electron chi connectivity index (χ0n) is 14.9. The molecule has 0 aliphatic carbocycles. The maximum atomic E-state index is 12.4. The highest BCUT2D eigenvalue weighted by Gasteiger charge is 2.34. The average molecular weight is 347 g/mol. The molecule has 2 atom stereocenters. The second kappa shape index (κ2) is 7.16. The molecule has 8 nitrogen and oxygen atoms in total. The van der Waals surface area contributed by atoms with Gasteiger partial charge in [0.2, 0.25) is 5.91 Å². The second-order valence-corrected chi connectivity index (χ2v) is 6.74. The highest BCUT2D eigenvalue weighted by atomic mass is 16.5. The number of hydrogen-bond acceptors (Lipinski definition) is 5. The monoisotopic (exact) mass is 347 g/mol. The van der Waals surface area contributed by atoms with E-state index in [0.717, 1.165) is 12.2 Å². The smallest absolute Gasteiger partial charge is 0.318 e. The topological polar surface area (TPSA) is 78.0 Å². The summed E-state index contributed by atoms with van der Waals surface area (Å²) in [6.45, 7) is 1.80. The van der Waals surface area contributed by atoms with Gasteiger partial charge in [-0.2, -0.15) is 0 Å². The molecule has 0 aromatic carbocycles. The molecule has 0 unspecified atom stereocenters. The van der Waals surface area contributed by atoms with Crippen molar-refractivity contribution in [3.8, 4) is 5.75 Å². The van der Waals surface area contributed by atoms with Crippen LogP contribution >= 0.6 is 0 Å². The van der Waals surface area contributed by atoms with E-state index in [4.69, 9.17) is 4.74 Å². The van der Waals surface area contributed by atoms with Crippen LogP contribution in [-0.2, 0) is 4.79 Å². The predicted molar refractivity (Wildman–Crippen MR) is 93.7 cm³/mol. The molecule has 3 rings (SSSR count). The van der Waals surface area contributed by atoms with E-state index in [1.165, 1.54) is 0 Å². The minimum Gasteiger partial charge on any atom is -0.485 e. The molecule has 8 heteroatoms. The molecular formula is C17H25N5O3. The zero-order chi connectivity index (χ0) is 18.0. The molecule has 136 valence electrons. The first-order chi connectivity index (χ1) is 12.0. The number of aromatic nitrogens is 1. The van der Waals surface area contributed by atoms with E-state index in [2.05, 4.69) is 10.3 Å². The van der Waals surface area contributed by atoms with E-state index in [-0.39, 0.29) is 18.0 Å². The lowest BCUT2D eigenvalue weighted by Crippen LogP contribution is -2.47. The Morgan fingerprint density at radius 2 is 2.16 bits per heavy atom. The van der Waals surface area contributed by atoms with Gasteiger partial charge in [-0.1, -0.05) is 0 Å². The third-order valence-electron chi connectivity index (χ3n) is 4.63. The van der Waals surface area contributed by atoms with Gasteiger partial charge in [0.05, 0.1) is 6.54 Å². The van der Waals surface area contributed by atoms with Gasteiger partial charge >= 0.3 is 6.03 Å². The number of rotatable bonds is 4. The number of carbonyl (C=O) groups excluding carboxylic acids is 2. The van der Waals surface area contributed by atoms with Gasteiger partial charge in [-0.25, -0.2) is 9.78 Å². The fourth-order valence-electron chi connectivity index (χ4n) is 3.20. The molecule has 2 fully saturated rings. The number of nitrogens with one attached hydrogen (secondary N) is 1. The summed E-state index contributed by atoms with van der Waals surface area (Å²) >= 11 is 0. The summed E-state index contributed by atoms with van der Waals surface area (Å²) in [5.41, 5.74) is 0. The number of likely N-dealkylation sites (tertiary alicyclic amines) is 2. The quantitative estimate of drug-likeness (QED) is 0.860. The number of urea groups is 1. The van der Waals surface area contributed by atoms with Crippen molar-refractivity contribution in [3.63, 3.8) is 0 Å². The van der Waals surface area contributed by atoms with Crippen LogP contribution in [-0.4, -0.2) is 79.6 Å². The van der Waals surface area contributed by atoms with Crippen LogP contribution in [0.4, 0.5) is 10.6 Å². The van der Waals surface area contributed by atoms with Crippen LogP contribution in [0, 0.1) is 0 Å². The molecule has 1 aromatic heterocycles. The summed E-state index contributed by atoms with van der Waals surface area (Å²) in [5.74, 6) is 1.46. The summed E-state index contributed by atoms with van der Waals surface area (Å²) in [6.07, 6.45) is 3.08. The Balaban J connectivity index is 1.55. The highest BCUT2D eigenvalue weighted by molar-refractivity contribution is 5.88. The Morgan fingerprint density at radius 3 is 2.84 bits per heavy atom. The van der Waals surface area contributed by atoms with E-state index in [9.17, 15) is 9.59 Å². The minimum absolute atomic E-state index is 0.0219. The van der Waals surface area contributed by atoms with Gasteiger partial charge in [0.1, 0.15) is 12.1 Å². The van der Waals surface area contributed by atoms with Crippen molar-refractivity contribution in [2.75, 3.05) is 45.7 Å². The molecule has 0 radical (unpaired) electrons. The van der Waals surface area contributed by atoms with E-state index in [0.29, 0.717) is 31.8 Å². The Morgan fingerprint density at radius 1 is 1.36 bits per heavy atom. The number of nitrogens with zero attached hydrogens (tertiary/aromatic N) is 4. The SMILES string of the molecule is CN1CC[C@@H](NC(=O)N2CC[C@@H](Oc3cccnc3N(C)C)C2)C1=O. The van der Waals surface area contributed by atoms with Crippen molar-refractivity contribution < 1.29 is 14.3 Å². The highest BCUT2D eigenvalue weighted by Crippen LogP contribution is 2.26. The zero-order valence-corrected chi connectivity index (χ0v) is 14.9. The van der Waals surface area contributed by atoms with Crippen molar-refractivity contribution in [2.24, 2.45) is 0 Å². The lowest BCUT2D eigenvalue weighted by molar-refractivity contribution is -0.128. The van der Waals surface area contributed by atoms with E-state index >= 15 is 0 Å². The summed E-state index contributed by atoms with van der Waals surface area (Å²) in [5, 5.41) is 2.83. The number of pyridine rings is 1. The van der Waals surface area contributed by atoms with Gasteiger partial charge in [-0.05, 0) is 18.6 Å². The first-order valence-electron chi connectivity index (χ1n) is 8.55. The van der Waals surface area contributed by atoms with Crippen LogP contribution in [0.3, 0.4) is 0 Å². The van der Waals surface area contributed by atoms with Gasteiger partial charge in [0.15, 0.2) is 11.6 Å². The summed E-state index contributed by atoms with van der Waals surface area (Å²) in [6, 6.07) is 3.12. The van der Waals surface area contributed by atoms with E-state index in [1.807, 2.05) is 31.1 Å². The van der Waals surface area contributed by atoms with Gasteiger partial charge in [0, 0.05) is 46.9 Å². The Bertz CT molecular complexity index is 651. The number of ether oxygens (including phenoxy) is 1. The lowest BCUT2D eigenvalue weighted by Gasteiger charge is -2.21. The molecule has 2 saturated heterocycles. The summed E-state index contributed by atoms with van der Waals surface area (Å²) in [4.78, 5) is 33.9. The Kier molecular flexibility index (Phi) is 4.96. The van der Waals surface area contributed by atoms with Crippen molar-refractivity contribution in [2.45, 2.75) is 25.0 Å². The normalized spacial score (nSPS) is 23.1. The maximum Gasteiger partial charge on any atom is 0.318 e. The number of carbonyl (C=O) groups is 2. The molecule has 3 heterocycles. The molecule has 1 aromatic rings. The van der Waals surface area contributed by atoms with Gasteiger partial charge < -0.3 is 24.8 Å². The average Bonchev–Trinajstić information content (AvgIpc) is 3.17. The van der Waals surface area contributed by atoms with Gasteiger partial charge in [0.25, 0.3) is 0 Å². The number of hydrogen-bond donors (Lipinski definition) is 1. The van der Waals surface area contributed by atoms with Crippen LogP contribution in [0.1, 0.15) is 12.8 Å². The fraction of sp³-hybridized carbons (Fsp3) is 0.588. The first kappa shape index (κ1) is 17.3. The van der Waals surface area contributed by atoms with Crippen LogP contribution in [0.15, 0.2) is 18.3 Å². The van der Waals surface area contributed by atoms with Crippen LogP contribution < -0.4 is 15.0 Å². The van der Waals surface area contributed by atoms with Gasteiger partial charge in [-0.15, -0.1) is 0 Å². The second-order valence-electron chi connectivity index (χ2n) is 6.74. The molecule has 1 N–H and O–H groups in total. The van der Waals surface area contributed by atoms with E-state index in [1.54, 1.807) is 23.0 Å². The van der Waals surface area contributed by atoms with Gasteiger partial charge in [-0.3, -0.25) is 4.79 Å². The predicted octanol–water partition coefficient (Wildman–Crippen LogP) is 0.541. The third-order valence-corrected chi connectivity index (χ3v) is 4.63. The fourth-order valence-corrected chi connectivity index (χ4v) is 3.20. The molecule has 2 aliphatic heterocycles. The number of likely N-dealkylation sites (N-methyl/N-ethyl adjacent to an activating group) is 1. The van der Waals surface area contributed by atoms with Crippen molar-refractivity contribution in [1.82, 2.24) is 20.1 Å². The third kappa shape index (κ3) is 3.78. The molecule has 0 bridgehead atoms. The standard InChI is InChI=1S/C17H25N5O3/c1-20(2)15-14(5-4-8-18-15)25-12-6-10-22(11-12)17(24)19-13-7-9-21(3)16(13)23/h4-5,8,12-13H,6-7,9-11H2,1-3H3,(H,19,24)/t12-,13-/m1/s1. The molecule has 0 saturated carbocycles. The van der Waals surface area contributed by atoms with E-state index < -0.39 is 6.04 Å². The van der Waals surface area contributed by atoms with Crippen molar-refractivity contribution in [1.29, 1.82) is 0 Å². The Labute approximate surface area is 147 Å². The molecule has 0 spiro atoms. The largest absolute Gasteiger partial charge is 0.485 e. The summed E-state index contributed by atoms with van der Waals surface area (Å²) in [7, 11) is 5.59. The number of amides is 3. The summed E-state index contributed by atoms with van der Waals surface area (Å²) < 4.78 is 6.06. The molecule has 2 aliphatic rings. The Hall–Kier alpha value is -2.51. The maximum absolute atomic E-state index is 12.4. The lowest BCUT2D eigenvalue weighted by atomic mass is 10.2. The minimum atomic E-state index is -0.406.